The van der Waals surface area contributed by atoms with Gasteiger partial charge in [-0.1, -0.05) is 12.5 Å². The average molecular weight is 407 g/mol. The molecular formula is C23H34O4S. The van der Waals surface area contributed by atoms with E-state index in [0.29, 0.717) is 54.9 Å². The molecule has 4 rings (SSSR count). The van der Waals surface area contributed by atoms with Gasteiger partial charge in [-0.2, -0.15) is 0 Å². The van der Waals surface area contributed by atoms with Gasteiger partial charge in [0.05, 0.1) is 19.2 Å². The van der Waals surface area contributed by atoms with E-state index >= 15 is 0 Å². The lowest BCUT2D eigenvalue weighted by molar-refractivity contribution is -0.132. The number of carbonyl (C=O) groups is 2. The van der Waals surface area contributed by atoms with E-state index in [0.717, 1.165) is 50.7 Å². The summed E-state index contributed by atoms with van der Waals surface area (Å²) in [6, 6.07) is 0. The van der Waals surface area contributed by atoms with Crippen LogP contribution in [0.4, 0.5) is 0 Å². The number of fused-ring (bicyclic) bond motifs is 5. The van der Waals surface area contributed by atoms with E-state index in [-0.39, 0.29) is 10.8 Å². The Kier molecular flexibility index (Phi) is 6.06. The summed E-state index contributed by atoms with van der Waals surface area (Å²) < 4.78 is 10.8. The largest absolute Gasteiger partial charge is 0.382 e. The molecule has 0 radical (unpaired) electrons. The Morgan fingerprint density at radius 1 is 1.07 bits per heavy atom. The van der Waals surface area contributed by atoms with Gasteiger partial charge in [-0.15, -0.1) is 11.8 Å². The number of hydrogen-bond donors (Lipinski definition) is 0. The van der Waals surface area contributed by atoms with Crippen LogP contribution in [0.1, 0.15) is 58.3 Å². The lowest BCUT2D eigenvalue weighted by Gasteiger charge is -2.58. The van der Waals surface area contributed by atoms with Crippen LogP contribution in [0.2, 0.25) is 0 Å². The number of rotatable bonds is 7. The maximum absolute atomic E-state index is 12.6. The van der Waals surface area contributed by atoms with Gasteiger partial charge in [-0.3, -0.25) is 9.59 Å². The Hall–Kier alpha value is -0.650. The van der Waals surface area contributed by atoms with Crippen LogP contribution in [0.3, 0.4) is 0 Å². The highest BCUT2D eigenvalue weighted by atomic mass is 32.2. The lowest BCUT2D eigenvalue weighted by Crippen LogP contribution is -2.52. The molecule has 3 fully saturated rings. The summed E-state index contributed by atoms with van der Waals surface area (Å²) in [5.74, 6) is 4.36. The predicted molar refractivity (Wildman–Crippen MR) is 111 cm³/mol. The fourth-order valence-electron chi connectivity index (χ4n) is 6.89. The van der Waals surface area contributed by atoms with Crippen molar-refractivity contribution >= 4 is 23.3 Å². The molecule has 3 saturated carbocycles. The van der Waals surface area contributed by atoms with Gasteiger partial charge >= 0.3 is 0 Å². The van der Waals surface area contributed by atoms with Gasteiger partial charge in [-0.25, -0.2) is 0 Å². The fourth-order valence-corrected chi connectivity index (χ4v) is 8.11. The molecule has 156 valence electrons. The van der Waals surface area contributed by atoms with Crippen LogP contribution in [-0.4, -0.2) is 43.6 Å². The molecule has 4 aliphatic rings. The number of carbonyl (C=O) groups excluding carboxylic acids is 2. The van der Waals surface area contributed by atoms with Crippen molar-refractivity contribution in [2.45, 2.75) is 58.3 Å². The summed E-state index contributed by atoms with van der Waals surface area (Å²) >= 11 is 1.87. The molecule has 0 aromatic rings. The van der Waals surface area contributed by atoms with Gasteiger partial charge in [0.2, 0.25) is 0 Å². The summed E-state index contributed by atoms with van der Waals surface area (Å²) in [7, 11) is 1.69. The van der Waals surface area contributed by atoms with Crippen molar-refractivity contribution in [1.82, 2.24) is 0 Å². The molecule has 0 aromatic carbocycles. The number of ether oxygens (including phenoxy) is 2. The fraction of sp³-hybridized carbons (Fsp3) is 0.826. The minimum atomic E-state index is -0.0789. The van der Waals surface area contributed by atoms with Crippen LogP contribution >= 0.6 is 11.8 Å². The first kappa shape index (κ1) is 20.6. The molecule has 0 N–H and O–H groups in total. The van der Waals surface area contributed by atoms with Crippen LogP contribution in [0.25, 0.3) is 0 Å². The summed E-state index contributed by atoms with van der Waals surface area (Å²) in [5.41, 5.74) is 1.46. The van der Waals surface area contributed by atoms with E-state index < -0.39 is 0 Å². The topological polar surface area (TPSA) is 52.6 Å². The molecule has 0 unspecified atom stereocenters. The Morgan fingerprint density at radius 2 is 1.93 bits per heavy atom. The average Bonchev–Trinajstić information content (AvgIpc) is 2.99. The smallest absolute Gasteiger partial charge is 0.155 e. The number of hydrogen-bond acceptors (Lipinski definition) is 5. The number of ketones is 2. The highest BCUT2D eigenvalue weighted by Gasteiger charge is 2.60. The molecule has 4 nitrogen and oxygen atoms in total. The molecule has 5 atom stereocenters. The van der Waals surface area contributed by atoms with Gasteiger partial charge in [0.15, 0.2) is 5.78 Å². The van der Waals surface area contributed by atoms with E-state index in [4.69, 9.17) is 9.47 Å². The second-order valence-corrected chi connectivity index (χ2v) is 10.4. The van der Waals surface area contributed by atoms with Gasteiger partial charge in [-0.05, 0) is 62.4 Å². The van der Waals surface area contributed by atoms with Crippen molar-refractivity contribution < 1.29 is 19.1 Å². The van der Waals surface area contributed by atoms with E-state index in [1.807, 2.05) is 17.8 Å². The van der Waals surface area contributed by atoms with Gasteiger partial charge in [0.25, 0.3) is 0 Å². The Bertz CT molecular complexity index is 659. The third-order valence-corrected chi connectivity index (χ3v) is 9.41. The van der Waals surface area contributed by atoms with E-state index in [1.165, 1.54) is 5.57 Å². The van der Waals surface area contributed by atoms with Crippen molar-refractivity contribution in [2.24, 2.45) is 28.6 Å². The normalized spacial score (nSPS) is 39.9. The van der Waals surface area contributed by atoms with Crippen LogP contribution < -0.4 is 0 Å². The molecule has 0 heterocycles. The minimum absolute atomic E-state index is 0.0789. The standard InChI is InChI=1S/C23H34O4S/c1-22-9-8-20-18(19(22)5-6-21(22)25)4-3-16-13-17(24)7-10-23(16,20)14-28-15-27-12-11-26-2/h13,18-20H,3-12,14-15H2,1-2H3/t18-,19-,20-,22-,23+/m0/s1. The third kappa shape index (κ3) is 3.41. The summed E-state index contributed by atoms with van der Waals surface area (Å²) in [6.45, 7) is 3.50. The minimum Gasteiger partial charge on any atom is -0.382 e. The SMILES string of the molecule is COCCOCSC[C@]12CCC(=O)C=C1CC[C@@H]1[C@@H]2CC[C@]2(C)C(=O)CC[C@@H]12. The third-order valence-electron chi connectivity index (χ3n) is 8.35. The molecule has 0 saturated heterocycles. The molecule has 0 aromatic heterocycles. The van der Waals surface area contributed by atoms with Crippen molar-refractivity contribution in [1.29, 1.82) is 0 Å². The van der Waals surface area contributed by atoms with Crippen LogP contribution in [0, 0.1) is 28.6 Å². The number of allylic oxidation sites excluding steroid dienone is 1. The van der Waals surface area contributed by atoms with Crippen LogP contribution in [-0.2, 0) is 19.1 Å². The quantitative estimate of drug-likeness (QED) is 0.463. The van der Waals surface area contributed by atoms with Gasteiger partial charge < -0.3 is 9.47 Å². The van der Waals surface area contributed by atoms with E-state index in [1.54, 1.807) is 7.11 Å². The summed E-state index contributed by atoms with van der Waals surface area (Å²) in [5, 5.41) is 0. The zero-order valence-corrected chi connectivity index (χ0v) is 18.2. The molecule has 5 heteroatoms. The molecule has 4 aliphatic carbocycles. The maximum atomic E-state index is 12.6. The van der Waals surface area contributed by atoms with Crippen LogP contribution in [0.5, 0.6) is 0 Å². The summed E-state index contributed by atoms with van der Waals surface area (Å²) in [6.07, 6.45) is 9.89. The number of Topliss-reactive ketones (excluding diaryl/α,β-unsaturated/α-hetero) is 1. The zero-order valence-electron chi connectivity index (χ0n) is 17.3. The highest BCUT2D eigenvalue weighted by Crippen LogP contribution is 2.65. The Labute approximate surface area is 173 Å². The second kappa shape index (κ2) is 8.23. The zero-order chi connectivity index (χ0) is 19.8. The van der Waals surface area contributed by atoms with Crippen molar-refractivity contribution in [2.75, 3.05) is 32.0 Å². The van der Waals surface area contributed by atoms with Gasteiger partial charge in [0.1, 0.15) is 5.78 Å². The molecule has 0 amide bonds. The monoisotopic (exact) mass is 406 g/mol. The first-order chi connectivity index (χ1) is 13.5. The Morgan fingerprint density at radius 3 is 2.75 bits per heavy atom. The van der Waals surface area contributed by atoms with Crippen molar-refractivity contribution in [3.8, 4) is 0 Å². The molecular weight excluding hydrogens is 372 g/mol. The number of thioether (sulfide) groups is 1. The maximum Gasteiger partial charge on any atom is 0.155 e. The number of methoxy groups -OCH3 is 1. The van der Waals surface area contributed by atoms with Gasteiger partial charge in [0, 0.05) is 36.5 Å². The molecule has 0 spiro atoms. The van der Waals surface area contributed by atoms with E-state index in [2.05, 4.69) is 6.92 Å². The Balaban J connectivity index is 1.53. The predicted octanol–water partition coefficient (Wildman–Crippen LogP) is 4.42. The highest BCUT2D eigenvalue weighted by molar-refractivity contribution is 7.99. The second-order valence-electron chi connectivity index (χ2n) is 9.49. The van der Waals surface area contributed by atoms with E-state index in [9.17, 15) is 9.59 Å². The summed E-state index contributed by atoms with van der Waals surface area (Å²) in [4.78, 5) is 24.8. The molecule has 28 heavy (non-hydrogen) atoms. The van der Waals surface area contributed by atoms with Crippen LogP contribution in [0.15, 0.2) is 11.6 Å². The van der Waals surface area contributed by atoms with Crippen molar-refractivity contribution in [3.05, 3.63) is 11.6 Å². The molecule has 0 bridgehead atoms. The van der Waals surface area contributed by atoms with Crippen molar-refractivity contribution in [3.63, 3.8) is 0 Å². The first-order valence-electron chi connectivity index (χ1n) is 10.9. The molecule has 0 aliphatic heterocycles. The first-order valence-corrected chi connectivity index (χ1v) is 12.1. The lowest BCUT2D eigenvalue weighted by atomic mass is 9.47.